The van der Waals surface area contributed by atoms with E-state index in [1.165, 1.54) is 0 Å². The predicted octanol–water partition coefficient (Wildman–Crippen LogP) is 3.51. The average molecular weight is 302 g/mol. The number of hydrogen-bond donors (Lipinski definition) is 2. The van der Waals surface area contributed by atoms with Crippen molar-refractivity contribution >= 4 is 34.5 Å². The minimum Gasteiger partial charge on any atom is -0.271 e. The van der Waals surface area contributed by atoms with Gasteiger partial charge in [-0.2, -0.15) is 0 Å². The molecule has 18 heavy (non-hydrogen) atoms. The molecule has 0 aliphatic rings. The van der Waals surface area contributed by atoms with Gasteiger partial charge in [-0.3, -0.25) is 11.3 Å². The molecule has 1 unspecified atom stereocenters. The normalized spacial score (nSPS) is 12.7. The summed E-state index contributed by atoms with van der Waals surface area (Å²) in [7, 11) is 0. The molecule has 3 nitrogen and oxygen atoms in total. The van der Waals surface area contributed by atoms with Crippen LogP contribution >= 0.6 is 34.5 Å². The zero-order valence-corrected chi connectivity index (χ0v) is 12.1. The van der Waals surface area contributed by atoms with Gasteiger partial charge in [0.1, 0.15) is 0 Å². The van der Waals surface area contributed by atoms with Crippen LogP contribution in [-0.4, -0.2) is 4.98 Å². The van der Waals surface area contributed by atoms with Crippen molar-refractivity contribution in [1.29, 1.82) is 0 Å². The van der Waals surface area contributed by atoms with Crippen molar-refractivity contribution in [2.75, 3.05) is 0 Å². The molecule has 2 rings (SSSR count). The molecule has 1 heterocycles. The van der Waals surface area contributed by atoms with E-state index in [-0.39, 0.29) is 6.04 Å². The fraction of sp³-hybridized carbons (Fsp3) is 0.250. The number of aryl methyl sites for hydroxylation is 1. The Morgan fingerprint density at radius 1 is 1.44 bits per heavy atom. The molecule has 0 aliphatic carbocycles. The summed E-state index contributed by atoms with van der Waals surface area (Å²) in [6.07, 6.45) is 0.681. The second kappa shape index (κ2) is 5.99. The lowest BCUT2D eigenvalue weighted by Gasteiger charge is -2.17. The van der Waals surface area contributed by atoms with Crippen LogP contribution in [0.25, 0.3) is 0 Å². The quantitative estimate of drug-likeness (QED) is 0.671. The highest BCUT2D eigenvalue weighted by Crippen LogP contribution is 2.31. The number of nitrogens with two attached hydrogens (primary N) is 1. The molecule has 0 amide bonds. The first-order valence-corrected chi connectivity index (χ1v) is 7.06. The zero-order valence-electron chi connectivity index (χ0n) is 9.78. The summed E-state index contributed by atoms with van der Waals surface area (Å²) >= 11 is 13.8. The van der Waals surface area contributed by atoms with Crippen molar-refractivity contribution in [2.24, 2.45) is 5.84 Å². The Balaban J connectivity index is 2.25. The summed E-state index contributed by atoms with van der Waals surface area (Å²) in [4.78, 5) is 4.42. The van der Waals surface area contributed by atoms with Crippen LogP contribution in [0, 0.1) is 6.92 Å². The fourth-order valence-corrected chi connectivity index (χ4v) is 2.82. The van der Waals surface area contributed by atoms with Gasteiger partial charge in [0.15, 0.2) is 0 Å². The van der Waals surface area contributed by atoms with E-state index in [0.29, 0.717) is 16.5 Å². The lowest BCUT2D eigenvalue weighted by molar-refractivity contribution is 0.547. The highest BCUT2D eigenvalue weighted by atomic mass is 35.5. The molecule has 1 aromatic carbocycles. The van der Waals surface area contributed by atoms with Gasteiger partial charge in [-0.25, -0.2) is 4.98 Å². The zero-order chi connectivity index (χ0) is 13.1. The summed E-state index contributed by atoms with van der Waals surface area (Å²) in [5.74, 6) is 5.60. The number of aromatic nitrogens is 1. The topological polar surface area (TPSA) is 50.9 Å². The average Bonchev–Trinajstić information content (AvgIpc) is 2.76. The molecule has 6 heteroatoms. The van der Waals surface area contributed by atoms with Crippen molar-refractivity contribution in [3.8, 4) is 0 Å². The van der Waals surface area contributed by atoms with E-state index in [9.17, 15) is 0 Å². The second-order valence-corrected chi connectivity index (χ2v) is 5.77. The molecule has 96 valence electrons. The van der Waals surface area contributed by atoms with Gasteiger partial charge in [-0.1, -0.05) is 35.3 Å². The molecule has 0 bridgehead atoms. The molecular formula is C12H13Cl2N3S. The van der Waals surface area contributed by atoms with Crippen molar-refractivity contribution in [3.63, 3.8) is 0 Å². The van der Waals surface area contributed by atoms with Gasteiger partial charge >= 0.3 is 0 Å². The van der Waals surface area contributed by atoms with Gasteiger partial charge in [0, 0.05) is 11.8 Å². The van der Waals surface area contributed by atoms with Crippen LogP contribution in [0.3, 0.4) is 0 Å². The van der Waals surface area contributed by atoms with E-state index in [1.807, 2.05) is 24.4 Å². The number of benzene rings is 1. The van der Waals surface area contributed by atoms with Crippen LogP contribution in [0.1, 0.15) is 22.3 Å². The van der Waals surface area contributed by atoms with Crippen LogP contribution in [0.5, 0.6) is 0 Å². The third-order valence-electron chi connectivity index (χ3n) is 2.64. The Hall–Kier alpha value is -0.650. The molecule has 0 aliphatic heterocycles. The molecule has 0 fully saturated rings. The smallest absolute Gasteiger partial charge is 0.0897 e. The molecule has 0 radical (unpaired) electrons. The first-order chi connectivity index (χ1) is 8.61. The van der Waals surface area contributed by atoms with E-state index in [4.69, 9.17) is 29.0 Å². The van der Waals surface area contributed by atoms with Crippen molar-refractivity contribution in [3.05, 3.63) is 49.9 Å². The lowest BCUT2D eigenvalue weighted by Crippen LogP contribution is -2.30. The van der Waals surface area contributed by atoms with Crippen molar-refractivity contribution < 1.29 is 0 Å². The van der Waals surface area contributed by atoms with E-state index in [1.54, 1.807) is 17.4 Å². The summed E-state index contributed by atoms with van der Waals surface area (Å²) in [5, 5.41) is 4.13. The van der Waals surface area contributed by atoms with Crippen LogP contribution < -0.4 is 11.3 Å². The first-order valence-electron chi connectivity index (χ1n) is 5.43. The summed E-state index contributed by atoms with van der Waals surface area (Å²) in [6, 6.07) is 5.43. The monoisotopic (exact) mass is 301 g/mol. The third kappa shape index (κ3) is 3.02. The van der Waals surface area contributed by atoms with E-state index < -0.39 is 0 Å². The van der Waals surface area contributed by atoms with Crippen molar-refractivity contribution in [1.82, 2.24) is 10.4 Å². The highest BCUT2D eigenvalue weighted by molar-refractivity contribution is 7.09. The Morgan fingerprint density at radius 3 is 2.83 bits per heavy atom. The van der Waals surface area contributed by atoms with E-state index >= 15 is 0 Å². The third-order valence-corrected chi connectivity index (χ3v) is 4.29. The Kier molecular flexibility index (Phi) is 4.59. The standard InChI is InChI=1S/C12H13Cl2N3S/c1-7-16-8(6-18-7)5-11(17-15)9-3-2-4-10(13)12(9)14/h2-4,6,11,17H,5,15H2,1H3. The largest absolute Gasteiger partial charge is 0.271 e. The van der Waals surface area contributed by atoms with Crippen LogP contribution in [-0.2, 0) is 6.42 Å². The van der Waals surface area contributed by atoms with E-state index in [2.05, 4.69) is 10.4 Å². The number of rotatable bonds is 4. The molecular weight excluding hydrogens is 289 g/mol. The number of halogens is 2. The SMILES string of the molecule is Cc1nc(CC(NN)c2cccc(Cl)c2Cl)cs1. The fourth-order valence-electron chi connectivity index (χ4n) is 1.76. The van der Waals surface area contributed by atoms with Crippen LogP contribution in [0.2, 0.25) is 10.0 Å². The lowest BCUT2D eigenvalue weighted by atomic mass is 10.0. The predicted molar refractivity (Wildman–Crippen MR) is 77.1 cm³/mol. The highest BCUT2D eigenvalue weighted by Gasteiger charge is 2.16. The summed E-state index contributed by atoms with van der Waals surface area (Å²) in [5.41, 5.74) is 4.65. The first kappa shape index (κ1) is 13.8. The number of nitrogens with zero attached hydrogens (tertiary/aromatic N) is 1. The van der Waals surface area contributed by atoms with Gasteiger partial charge in [0.2, 0.25) is 0 Å². The number of hydrogen-bond acceptors (Lipinski definition) is 4. The molecule has 0 spiro atoms. The Morgan fingerprint density at radius 2 is 2.22 bits per heavy atom. The minimum atomic E-state index is -0.0994. The molecule has 3 N–H and O–H groups in total. The van der Waals surface area contributed by atoms with E-state index in [0.717, 1.165) is 16.3 Å². The van der Waals surface area contributed by atoms with Crippen molar-refractivity contribution in [2.45, 2.75) is 19.4 Å². The maximum Gasteiger partial charge on any atom is 0.0897 e. The van der Waals surface area contributed by atoms with Gasteiger partial charge in [0.05, 0.1) is 26.8 Å². The summed E-state index contributed by atoms with van der Waals surface area (Å²) in [6.45, 7) is 1.98. The maximum atomic E-state index is 6.19. The second-order valence-electron chi connectivity index (χ2n) is 3.92. The van der Waals surface area contributed by atoms with Gasteiger partial charge in [-0.15, -0.1) is 11.3 Å². The van der Waals surface area contributed by atoms with Gasteiger partial charge in [0.25, 0.3) is 0 Å². The Bertz CT molecular complexity index is 542. The van der Waals surface area contributed by atoms with Crippen LogP contribution in [0.15, 0.2) is 23.6 Å². The minimum absolute atomic E-state index is 0.0994. The number of nitrogens with one attached hydrogen (secondary N) is 1. The number of thiazole rings is 1. The Labute approximate surface area is 120 Å². The molecule has 1 aromatic heterocycles. The number of hydrazine groups is 1. The van der Waals surface area contributed by atoms with Gasteiger partial charge < -0.3 is 0 Å². The van der Waals surface area contributed by atoms with Gasteiger partial charge in [-0.05, 0) is 18.6 Å². The molecule has 0 saturated heterocycles. The molecule has 1 atom stereocenters. The molecule has 2 aromatic rings. The maximum absolute atomic E-state index is 6.19. The molecule has 0 saturated carbocycles. The summed E-state index contributed by atoms with van der Waals surface area (Å²) < 4.78 is 0. The van der Waals surface area contributed by atoms with Crippen LogP contribution in [0.4, 0.5) is 0 Å².